The van der Waals surface area contributed by atoms with E-state index in [0.29, 0.717) is 13.0 Å². The van der Waals surface area contributed by atoms with E-state index in [0.717, 1.165) is 32.1 Å². The van der Waals surface area contributed by atoms with E-state index in [2.05, 4.69) is 6.92 Å². The van der Waals surface area contributed by atoms with Crippen LogP contribution in [0.3, 0.4) is 0 Å². The van der Waals surface area contributed by atoms with Crippen molar-refractivity contribution in [1.29, 1.82) is 0 Å². The molecule has 1 saturated heterocycles. The number of ether oxygens (including phenoxy) is 1. The Balaban J connectivity index is 2.59. The fourth-order valence-electron chi connectivity index (χ4n) is 2.08. The molecule has 1 aliphatic heterocycles. The number of hydrogen-bond donors (Lipinski definition) is 0. The van der Waals surface area contributed by atoms with Crippen molar-refractivity contribution in [3.63, 3.8) is 0 Å². The maximum absolute atomic E-state index is 11.9. The molecule has 1 rings (SSSR count). The minimum Gasteiger partial charge on any atom is -0.467 e. The zero-order chi connectivity index (χ0) is 12.0. The smallest absolute Gasteiger partial charge is 0.328 e. The number of rotatable bonds is 4. The first kappa shape index (κ1) is 13.0. The predicted octanol–water partition coefficient (Wildman–Crippen LogP) is 1.73. The Hall–Kier alpha value is -1.06. The molecule has 0 unspecified atom stereocenters. The van der Waals surface area contributed by atoms with Crippen LogP contribution in [0.1, 0.15) is 45.4 Å². The van der Waals surface area contributed by atoms with Crippen LogP contribution < -0.4 is 0 Å². The highest BCUT2D eigenvalue weighted by Crippen LogP contribution is 2.19. The average Bonchev–Trinajstić information content (AvgIpc) is 2.35. The summed E-state index contributed by atoms with van der Waals surface area (Å²) < 4.78 is 4.74. The number of methoxy groups -OCH3 is 1. The van der Waals surface area contributed by atoms with Crippen LogP contribution in [0.5, 0.6) is 0 Å². The van der Waals surface area contributed by atoms with E-state index in [4.69, 9.17) is 4.74 Å². The average molecular weight is 227 g/mol. The lowest BCUT2D eigenvalue weighted by atomic mass is 10.0. The van der Waals surface area contributed by atoms with Crippen molar-refractivity contribution in [1.82, 2.24) is 4.90 Å². The first-order valence-electron chi connectivity index (χ1n) is 6.08. The van der Waals surface area contributed by atoms with Gasteiger partial charge in [-0.3, -0.25) is 4.79 Å². The number of carbonyl (C=O) groups is 2. The van der Waals surface area contributed by atoms with Crippen LogP contribution in [-0.4, -0.2) is 36.5 Å². The fraction of sp³-hybridized carbons (Fsp3) is 0.833. The first-order valence-corrected chi connectivity index (χ1v) is 6.08. The van der Waals surface area contributed by atoms with E-state index < -0.39 is 0 Å². The second-order valence-corrected chi connectivity index (χ2v) is 4.23. The Morgan fingerprint density at radius 1 is 1.38 bits per heavy atom. The van der Waals surface area contributed by atoms with Gasteiger partial charge < -0.3 is 9.64 Å². The zero-order valence-electron chi connectivity index (χ0n) is 10.2. The predicted molar refractivity (Wildman–Crippen MR) is 60.9 cm³/mol. The lowest BCUT2D eigenvalue weighted by molar-refractivity contribution is -0.154. The lowest BCUT2D eigenvalue weighted by Gasteiger charge is -2.33. The Morgan fingerprint density at radius 3 is 2.75 bits per heavy atom. The summed E-state index contributed by atoms with van der Waals surface area (Å²) in [5.41, 5.74) is 0. The summed E-state index contributed by atoms with van der Waals surface area (Å²) in [6.45, 7) is 2.75. The number of amides is 1. The van der Waals surface area contributed by atoms with E-state index in [9.17, 15) is 9.59 Å². The summed E-state index contributed by atoms with van der Waals surface area (Å²) in [5.74, 6) is -0.179. The topological polar surface area (TPSA) is 46.6 Å². The molecule has 0 bridgehead atoms. The van der Waals surface area contributed by atoms with Crippen molar-refractivity contribution in [2.75, 3.05) is 13.7 Å². The largest absolute Gasteiger partial charge is 0.467 e. The van der Waals surface area contributed by atoms with Crippen molar-refractivity contribution in [2.45, 2.75) is 51.5 Å². The number of esters is 1. The van der Waals surface area contributed by atoms with Gasteiger partial charge in [0.2, 0.25) is 5.91 Å². The fourth-order valence-corrected chi connectivity index (χ4v) is 2.08. The molecule has 0 aromatic carbocycles. The van der Waals surface area contributed by atoms with Gasteiger partial charge in [-0.2, -0.15) is 0 Å². The molecule has 1 fully saturated rings. The maximum Gasteiger partial charge on any atom is 0.328 e. The normalized spacial score (nSPS) is 20.6. The Bertz CT molecular complexity index is 253. The monoisotopic (exact) mass is 227 g/mol. The van der Waals surface area contributed by atoms with Gasteiger partial charge in [-0.05, 0) is 25.7 Å². The molecule has 16 heavy (non-hydrogen) atoms. The van der Waals surface area contributed by atoms with Crippen molar-refractivity contribution in [3.05, 3.63) is 0 Å². The van der Waals surface area contributed by atoms with Crippen molar-refractivity contribution in [3.8, 4) is 0 Å². The van der Waals surface area contributed by atoms with E-state index in [1.807, 2.05) is 0 Å². The lowest BCUT2D eigenvalue weighted by Crippen LogP contribution is -2.48. The van der Waals surface area contributed by atoms with Gasteiger partial charge >= 0.3 is 5.97 Å². The van der Waals surface area contributed by atoms with Crippen LogP contribution in [0.2, 0.25) is 0 Å². The number of piperidine rings is 1. The third-order valence-electron chi connectivity index (χ3n) is 3.04. The van der Waals surface area contributed by atoms with Gasteiger partial charge in [0.25, 0.3) is 0 Å². The third-order valence-corrected chi connectivity index (χ3v) is 3.04. The summed E-state index contributed by atoms with van der Waals surface area (Å²) in [5, 5.41) is 0. The molecule has 1 aliphatic rings. The second-order valence-electron chi connectivity index (χ2n) is 4.23. The third kappa shape index (κ3) is 3.22. The summed E-state index contributed by atoms with van der Waals surface area (Å²) in [4.78, 5) is 25.1. The molecule has 0 spiro atoms. The zero-order valence-corrected chi connectivity index (χ0v) is 10.2. The highest BCUT2D eigenvalue weighted by Gasteiger charge is 2.32. The molecule has 0 aromatic rings. The quantitative estimate of drug-likeness (QED) is 0.687. The molecule has 0 radical (unpaired) electrons. The molecular formula is C12H21NO3. The van der Waals surface area contributed by atoms with Gasteiger partial charge in [0.05, 0.1) is 7.11 Å². The minimum atomic E-state index is -0.344. The van der Waals surface area contributed by atoms with Gasteiger partial charge in [0.1, 0.15) is 6.04 Å². The highest BCUT2D eigenvalue weighted by atomic mass is 16.5. The SMILES string of the molecule is CCCCC(=O)N1CCCC[C@@H]1C(=O)OC. The molecular weight excluding hydrogens is 206 g/mol. The van der Waals surface area contributed by atoms with Crippen LogP contribution in [0.25, 0.3) is 0 Å². The van der Waals surface area contributed by atoms with Crippen LogP contribution >= 0.6 is 0 Å². The van der Waals surface area contributed by atoms with Gasteiger partial charge in [0.15, 0.2) is 0 Å². The Morgan fingerprint density at radius 2 is 2.12 bits per heavy atom. The Kier molecular flexibility index (Phi) is 5.29. The maximum atomic E-state index is 11.9. The molecule has 0 aliphatic carbocycles. The standard InChI is InChI=1S/C12H21NO3/c1-3-4-8-11(14)13-9-6-5-7-10(13)12(15)16-2/h10H,3-9H2,1-2H3/t10-/m1/s1. The molecule has 4 nitrogen and oxygen atoms in total. The molecule has 0 N–H and O–H groups in total. The van der Waals surface area contributed by atoms with Gasteiger partial charge in [0, 0.05) is 13.0 Å². The summed E-state index contributed by atoms with van der Waals surface area (Å²) in [7, 11) is 1.38. The summed E-state index contributed by atoms with van der Waals surface area (Å²) in [6.07, 6.45) is 5.17. The van der Waals surface area contributed by atoms with Crippen LogP contribution in [0, 0.1) is 0 Å². The molecule has 0 saturated carbocycles. The van der Waals surface area contributed by atoms with E-state index >= 15 is 0 Å². The summed E-state index contributed by atoms with van der Waals surface area (Å²) >= 11 is 0. The van der Waals surface area contributed by atoms with Crippen LogP contribution in [0.15, 0.2) is 0 Å². The van der Waals surface area contributed by atoms with E-state index in [1.54, 1.807) is 4.90 Å². The number of carbonyl (C=O) groups excluding carboxylic acids is 2. The molecule has 1 atom stereocenters. The summed E-state index contributed by atoms with van der Waals surface area (Å²) in [6, 6.07) is -0.344. The molecule has 1 amide bonds. The second kappa shape index (κ2) is 6.51. The van der Waals surface area contributed by atoms with Crippen LogP contribution in [0.4, 0.5) is 0 Å². The number of unbranched alkanes of at least 4 members (excludes halogenated alkanes) is 1. The van der Waals surface area contributed by atoms with Gasteiger partial charge in [-0.25, -0.2) is 4.79 Å². The molecule has 0 aromatic heterocycles. The number of nitrogens with zero attached hydrogens (tertiary/aromatic N) is 1. The van der Waals surface area contributed by atoms with Crippen molar-refractivity contribution >= 4 is 11.9 Å². The van der Waals surface area contributed by atoms with Crippen molar-refractivity contribution in [2.24, 2.45) is 0 Å². The Labute approximate surface area is 96.9 Å². The van der Waals surface area contributed by atoms with E-state index in [1.165, 1.54) is 7.11 Å². The first-order chi connectivity index (χ1) is 7.70. The highest BCUT2D eigenvalue weighted by molar-refractivity contribution is 5.84. The van der Waals surface area contributed by atoms with Crippen LogP contribution in [-0.2, 0) is 14.3 Å². The van der Waals surface area contributed by atoms with Crippen molar-refractivity contribution < 1.29 is 14.3 Å². The molecule has 4 heteroatoms. The molecule has 92 valence electrons. The molecule has 1 heterocycles. The van der Waals surface area contributed by atoms with E-state index in [-0.39, 0.29) is 17.9 Å². The minimum absolute atomic E-state index is 0.0944. The number of likely N-dealkylation sites (tertiary alicyclic amines) is 1. The van der Waals surface area contributed by atoms with Gasteiger partial charge in [-0.1, -0.05) is 13.3 Å². The van der Waals surface area contributed by atoms with Gasteiger partial charge in [-0.15, -0.1) is 0 Å². The number of hydrogen-bond acceptors (Lipinski definition) is 3.